The van der Waals surface area contributed by atoms with Crippen molar-refractivity contribution in [2.24, 2.45) is 5.10 Å². The number of methoxy groups -OCH3 is 1. The fourth-order valence-corrected chi connectivity index (χ4v) is 2.32. The highest BCUT2D eigenvalue weighted by Crippen LogP contribution is 2.21. The summed E-state index contributed by atoms with van der Waals surface area (Å²) in [6.07, 6.45) is 6.54. The summed E-state index contributed by atoms with van der Waals surface area (Å²) in [6, 6.07) is 11.8. The molecule has 0 aliphatic carbocycles. The van der Waals surface area contributed by atoms with Gasteiger partial charge in [-0.25, -0.2) is 5.43 Å². The van der Waals surface area contributed by atoms with Crippen LogP contribution in [-0.2, 0) is 9.59 Å². The highest BCUT2D eigenvalue weighted by Gasteiger charge is 2.13. The molecule has 0 saturated heterocycles. The number of terminal acetylenes is 1. The van der Waals surface area contributed by atoms with Crippen LogP contribution >= 0.6 is 15.9 Å². The molecule has 0 bridgehead atoms. The predicted octanol–water partition coefficient (Wildman–Crippen LogP) is 2.56. The third-order valence-electron chi connectivity index (χ3n) is 3.21. The third kappa shape index (κ3) is 6.17. The molecule has 2 rings (SSSR count). The van der Waals surface area contributed by atoms with Crippen LogP contribution in [0.25, 0.3) is 0 Å². The molecule has 0 unspecified atom stereocenters. The Hall–Kier alpha value is -3.31. The van der Waals surface area contributed by atoms with Crippen molar-refractivity contribution in [2.75, 3.05) is 19.0 Å². The normalized spacial score (nSPS) is 10.1. The zero-order valence-electron chi connectivity index (χ0n) is 14.4. The molecule has 0 fully saturated rings. The molecule has 27 heavy (non-hydrogen) atoms. The molecule has 0 atom stereocenters. The van der Waals surface area contributed by atoms with Gasteiger partial charge in [0.25, 0.3) is 0 Å². The minimum Gasteiger partial charge on any atom is -0.497 e. The van der Waals surface area contributed by atoms with E-state index in [1.165, 1.54) is 13.3 Å². The summed E-state index contributed by atoms with van der Waals surface area (Å²) in [5.74, 6) is 1.74. The van der Waals surface area contributed by atoms with E-state index in [-0.39, 0.29) is 6.61 Å². The first kappa shape index (κ1) is 20.0. The number of carbonyl (C=O) groups excluding carboxylic acids is 2. The molecule has 0 aromatic heterocycles. The summed E-state index contributed by atoms with van der Waals surface area (Å²) in [5, 5.41) is 6.24. The standard InChI is InChI=1S/C19H16BrN3O4/c1-3-10-27-17-9-4-14(20)11-13(17)12-21-23-19(25)18(24)22-15-5-7-16(26-2)8-6-15/h1,4-9,11-12H,10H2,2H3,(H,22,24)(H,23,25)/b21-12-. The lowest BCUT2D eigenvalue weighted by molar-refractivity contribution is -0.136. The summed E-state index contributed by atoms with van der Waals surface area (Å²) in [4.78, 5) is 23.7. The van der Waals surface area contributed by atoms with Gasteiger partial charge in [-0.05, 0) is 42.5 Å². The lowest BCUT2D eigenvalue weighted by atomic mass is 10.2. The maximum atomic E-state index is 11.9. The summed E-state index contributed by atoms with van der Waals surface area (Å²) in [5.41, 5.74) is 3.19. The van der Waals surface area contributed by atoms with Gasteiger partial charge in [-0.1, -0.05) is 21.9 Å². The van der Waals surface area contributed by atoms with E-state index in [1.807, 2.05) is 0 Å². The van der Waals surface area contributed by atoms with Gasteiger partial charge < -0.3 is 14.8 Å². The summed E-state index contributed by atoms with van der Waals surface area (Å²) < 4.78 is 11.2. The van der Waals surface area contributed by atoms with Gasteiger partial charge in [0.2, 0.25) is 0 Å². The molecule has 138 valence electrons. The number of carbonyl (C=O) groups is 2. The maximum absolute atomic E-state index is 11.9. The monoisotopic (exact) mass is 429 g/mol. The van der Waals surface area contributed by atoms with Gasteiger partial charge in [0.15, 0.2) is 0 Å². The Morgan fingerprint density at radius 1 is 1.22 bits per heavy atom. The van der Waals surface area contributed by atoms with Crippen molar-refractivity contribution in [3.8, 4) is 23.8 Å². The fraction of sp³-hybridized carbons (Fsp3) is 0.105. The van der Waals surface area contributed by atoms with Gasteiger partial charge in [0.05, 0.1) is 13.3 Å². The number of benzene rings is 2. The molecule has 0 heterocycles. The molecule has 0 radical (unpaired) electrons. The number of hydrazone groups is 1. The predicted molar refractivity (Wildman–Crippen MR) is 106 cm³/mol. The molecule has 2 N–H and O–H groups in total. The number of rotatable bonds is 6. The Balaban J connectivity index is 1.96. The van der Waals surface area contributed by atoms with Crippen LogP contribution in [0.2, 0.25) is 0 Å². The van der Waals surface area contributed by atoms with Crippen LogP contribution in [0.3, 0.4) is 0 Å². The maximum Gasteiger partial charge on any atom is 0.329 e. The third-order valence-corrected chi connectivity index (χ3v) is 3.70. The van der Waals surface area contributed by atoms with Crippen LogP contribution in [0.5, 0.6) is 11.5 Å². The average Bonchev–Trinajstić information content (AvgIpc) is 2.67. The van der Waals surface area contributed by atoms with Gasteiger partial charge in [0, 0.05) is 15.7 Å². The van der Waals surface area contributed by atoms with Crippen LogP contribution in [-0.4, -0.2) is 31.7 Å². The van der Waals surface area contributed by atoms with Crippen LogP contribution in [0.4, 0.5) is 5.69 Å². The summed E-state index contributed by atoms with van der Waals surface area (Å²) >= 11 is 3.34. The average molecular weight is 430 g/mol. The summed E-state index contributed by atoms with van der Waals surface area (Å²) in [7, 11) is 1.54. The Kier molecular flexibility index (Phi) is 7.40. The van der Waals surface area contributed by atoms with Crippen LogP contribution < -0.4 is 20.2 Å². The molecule has 0 aliphatic rings. The molecule has 2 aromatic carbocycles. The van der Waals surface area contributed by atoms with E-state index in [9.17, 15) is 9.59 Å². The molecule has 2 aromatic rings. The number of halogens is 1. The van der Waals surface area contributed by atoms with Gasteiger partial charge in [-0.2, -0.15) is 5.10 Å². The quantitative estimate of drug-likeness (QED) is 0.319. The largest absolute Gasteiger partial charge is 0.497 e. The second-order valence-corrected chi connectivity index (χ2v) is 5.97. The van der Waals surface area contributed by atoms with Crippen molar-refractivity contribution in [1.29, 1.82) is 0 Å². The van der Waals surface area contributed by atoms with Crippen LogP contribution in [0, 0.1) is 12.3 Å². The van der Waals surface area contributed by atoms with E-state index < -0.39 is 11.8 Å². The van der Waals surface area contributed by atoms with E-state index in [2.05, 4.69) is 37.7 Å². The molecule has 2 amide bonds. The molecule has 0 spiro atoms. The highest BCUT2D eigenvalue weighted by atomic mass is 79.9. The minimum atomic E-state index is -0.914. The Bertz CT molecular complexity index is 889. The molecular weight excluding hydrogens is 414 g/mol. The van der Waals surface area contributed by atoms with Crippen molar-refractivity contribution < 1.29 is 19.1 Å². The van der Waals surface area contributed by atoms with E-state index in [0.29, 0.717) is 22.7 Å². The first-order valence-corrected chi connectivity index (χ1v) is 8.47. The van der Waals surface area contributed by atoms with Gasteiger partial charge >= 0.3 is 11.8 Å². The van der Waals surface area contributed by atoms with E-state index in [4.69, 9.17) is 15.9 Å². The highest BCUT2D eigenvalue weighted by molar-refractivity contribution is 9.10. The molecule has 0 aliphatic heterocycles. The van der Waals surface area contributed by atoms with Gasteiger partial charge in [-0.15, -0.1) is 6.42 Å². The zero-order chi connectivity index (χ0) is 19.6. The Morgan fingerprint density at radius 2 is 1.96 bits per heavy atom. The number of nitrogens with zero attached hydrogens (tertiary/aromatic N) is 1. The van der Waals surface area contributed by atoms with Crippen LogP contribution in [0.1, 0.15) is 5.56 Å². The van der Waals surface area contributed by atoms with Gasteiger partial charge in [-0.3, -0.25) is 9.59 Å². The van der Waals surface area contributed by atoms with E-state index >= 15 is 0 Å². The number of nitrogens with one attached hydrogen (secondary N) is 2. The molecular formula is C19H16BrN3O4. The van der Waals surface area contributed by atoms with Crippen molar-refractivity contribution in [2.45, 2.75) is 0 Å². The number of hydrogen-bond acceptors (Lipinski definition) is 5. The molecule has 8 heteroatoms. The summed E-state index contributed by atoms with van der Waals surface area (Å²) in [6.45, 7) is 0.0963. The first-order chi connectivity index (χ1) is 13.0. The van der Waals surface area contributed by atoms with E-state index in [0.717, 1.165) is 4.47 Å². The topological polar surface area (TPSA) is 89.0 Å². The SMILES string of the molecule is C#CCOc1ccc(Br)cc1/C=N\NC(=O)C(=O)Nc1ccc(OC)cc1. The van der Waals surface area contributed by atoms with Crippen molar-refractivity contribution in [3.05, 3.63) is 52.5 Å². The van der Waals surface area contributed by atoms with Crippen molar-refractivity contribution >= 4 is 39.6 Å². The Morgan fingerprint density at radius 3 is 2.63 bits per heavy atom. The van der Waals surface area contributed by atoms with Crippen molar-refractivity contribution in [1.82, 2.24) is 5.43 Å². The van der Waals surface area contributed by atoms with E-state index in [1.54, 1.807) is 42.5 Å². The second-order valence-electron chi connectivity index (χ2n) is 5.06. The Labute approximate surface area is 164 Å². The smallest absolute Gasteiger partial charge is 0.329 e. The fourth-order valence-electron chi connectivity index (χ4n) is 1.94. The van der Waals surface area contributed by atoms with Crippen LogP contribution in [0.15, 0.2) is 52.0 Å². The lowest BCUT2D eigenvalue weighted by Gasteiger charge is -2.07. The zero-order valence-corrected chi connectivity index (χ0v) is 15.9. The molecule has 7 nitrogen and oxygen atoms in total. The minimum absolute atomic E-state index is 0.0963. The molecule has 0 saturated carbocycles. The van der Waals surface area contributed by atoms with Crippen molar-refractivity contribution in [3.63, 3.8) is 0 Å². The van der Waals surface area contributed by atoms with Gasteiger partial charge in [0.1, 0.15) is 18.1 Å². The second kappa shape index (κ2) is 9.99. The number of hydrogen-bond donors (Lipinski definition) is 2. The lowest BCUT2D eigenvalue weighted by Crippen LogP contribution is -2.32. The number of anilines is 1. The number of amides is 2. The first-order valence-electron chi connectivity index (χ1n) is 7.67. The number of ether oxygens (including phenoxy) is 2.